The molecule has 0 unspecified atom stereocenters. The van der Waals surface area contributed by atoms with Gasteiger partial charge in [-0.15, -0.1) is 0 Å². The number of imide groups is 1. The van der Waals surface area contributed by atoms with E-state index >= 15 is 0 Å². The molecule has 1 heterocycles. The lowest BCUT2D eigenvalue weighted by molar-refractivity contribution is -0.119. The molecule has 1 aliphatic heterocycles. The maximum absolute atomic E-state index is 12.0. The summed E-state index contributed by atoms with van der Waals surface area (Å²) in [6, 6.07) is 11.9. The zero-order valence-corrected chi connectivity index (χ0v) is 11.5. The number of carbonyl (C=O) groups is 2. The van der Waals surface area contributed by atoms with Crippen molar-refractivity contribution < 1.29 is 9.59 Å². The third-order valence-corrected chi connectivity index (χ3v) is 3.59. The van der Waals surface area contributed by atoms with Crippen LogP contribution in [-0.4, -0.2) is 11.8 Å². The molecule has 0 spiro atoms. The number of rotatable bonds is 2. The van der Waals surface area contributed by atoms with Crippen molar-refractivity contribution in [3.8, 4) is 0 Å². The smallest absolute Gasteiger partial charge is 0.258 e. The first-order valence-electron chi connectivity index (χ1n) is 6.67. The normalized spacial score (nSPS) is 14.8. The first kappa shape index (κ1) is 12.6. The lowest BCUT2D eigenvalue weighted by Gasteiger charge is -2.22. The van der Waals surface area contributed by atoms with Gasteiger partial charge in [-0.05, 0) is 16.9 Å². The Hall–Kier alpha value is -2.42. The van der Waals surface area contributed by atoms with Crippen molar-refractivity contribution in [3.63, 3.8) is 0 Å². The summed E-state index contributed by atoms with van der Waals surface area (Å²) in [7, 11) is 0. The van der Waals surface area contributed by atoms with Crippen LogP contribution in [-0.2, 0) is 9.59 Å². The third kappa shape index (κ3) is 1.83. The minimum absolute atomic E-state index is 0.232. The summed E-state index contributed by atoms with van der Waals surface area (Å²) in [6.07, 6.45) is 2.66. The molecule has 1 aliphatic rings. The second kappa shape index (κ2) is 4.60. The summed E-state index contributed by atoms with van der Waals surface area (Å²) in [6.45, 7) is 4.12. The van der Waals surface area contributed by atoms with Crippen LogP contribution >= 0.6 is 0 Å². The number of amides is 2. The molecule has 0 bridgehead atoms. The number of nitrogens with zero attached hydrogens (tertiary/aromatic N) is 1. The standard InChI is InChI=1S/C17H15NO2/c1-11(2)13-8-7-12-5-3-4-6-14(12)17(13)18-15(19)9-10-16(18)20/h3-11H,1-2H3. The van der Waals surface area contributed by atoms with Gasteiger partial charge in [0, 0.05) is 17.5 Å². The summed E-state index contributed by atoms with van der Waals surface area (Å²) in [5.41, 5.74) is 1.73. The van der Waals surface area contributed by atoms with Crippen molar-refractivity contribution in [3.05, 3.63) is 54.1 Å². The molecule has 2 amide bonds. The second-order valence-corrected chi connectivity index (χ2v) is 5.22. The molecule has 100 valence electrons. The van der Waals surface area contributed by atoms with Gasteiger partial charge in [-0.1, -0.05) is 50.2 Å². The monoisotopic (exact) mass is 265 g/mol. The summed E-state index contributed by atoms with van der Waals surface area (Å²) in [4.78, 5) is 25.3. The maximum atomic E-state index is 12.0. The molecule has 3 rings (SSSR count). The van der Waals surface area contributed by atoms with Gasteiger partial charge in [-0.2, -0.15) is 0 Å². The Labute approximate surface area is 117 Å². The predicted molar refractivity (Wildman–Crippen MR) is 79.7 cm³/mol. The highest BCUT2D eigenvalue weighted by Gasteiger charge is 2.29. The Kier molecular flexibility index (Phi) is 2.90. The number of benzene rings is 2. The van der Waals surface area contributed by atoms with Crippen molar-refractivity contribution in [2.24, 2.45) is 0 Å². The summed E-state index contributed by atoms with van der Waals surface area (Å²) in [5, 5.41) is 1.96. The molecule has 0 aromatic heterocycles. The van der Waals surface area contributed by atoms with Gasteiger partial charge in [0.1, 0.15) is 0 Å². The molecule has 0 saturated heterocycles. The highest BCUT2D eigenvalue weighted by molar-refractivity contribution is 6.30. The number of hydrogen-bond donors (Lipinski definition) is 0. The lowest BCUT2D eigenvalue weighted by Crippen LogP contribution is -2.30. The van der Waals surface area contributed by atoms with E-state index in [-0.39, 0.29) is 17.7 Å². The molecule has 0 radical (unpaired) electrons. The quantitative estimate of drug-likeness (QED) is 0.780. The molecule has 0 fully saturated rings. The van der Waals surface area contributed by atoms with Gasteiger partial charge in [0.25, 0.3) is 11.8 Å². The maximum Gasteiger partial charge on any atom is 0.258 e. The molecular formula is C17H15NO2. The van der Waals surface area contributed by atoms with E-state index < -0.39 is 0 Å². The lowest BCUT2D eigenvalue weighted by atomic mass is 9.95. The molecule has 0 aliphatic carbocycles. The molecule has 3 nitrogen and oxygen atoms in total. The van der Waals surface area contributed by atoms with Crippen molar-refractivity contribution in [2.75, 3.05) is 4.90 Å². The summed E-state index contributed by atoms with van der Waals surface area (Å²) >= 11 is 0. The highest BCUT2D eigenvalue weighted by Crippen LogP contribution is 2.36. The second-order valence-electron chi connectivity index (χ2n) is 5.22. The van der Waals surface area contributed by atoms with Crippen LogP contribution in [0.3, 0.4) is 0 Å². The minimum atomic E-state index is -0.270. The zero-order valence-electron chi connectivity index (χ0n) is 11.5. The van der Waals surface area contributed by atoms with Crippen molar-refractivity contribution >= 4 is 28.3 Å². The summed E-state index contributed by atoms with van der Waals surface area (Å²) < 4.78 is 0. The number of hydrogen-bond acceptors (Lipinski definition) is 2. The number of fused-ring (bicyclic) bond motifs is 1. The Balaban J connectivity index is 2.33. The van der Waals surface area contributed by atoms with E-state index in [9.17, 15) is 9.59 Å². The molecular weight excluding hydrogens is 250 g/mol. The fourth-order valence-electron chi connectivity index (χ4n) is 2.61. The van der Waals surface area contributed by atoms with Gasteiger partial charge in [0.05, 0.1) is 5.69 Å². The Morgan fingerprint density at radius 2 is 1.55 bits per heavy atom. The van der Waals surface area contributed by atoms with Crippen molar-refractivity contribution in [1.82, 2.24) is 0 Å². The van der Waals surface area contributed by atoms with Crippen LogP contribution in [0.1, 0.15) is 25.3 Å². The number of carbonyl (C=O) groups excluding carboxylic acids is 2. The molecule has 2 aromatic rings. The molecule has 0 N–H and O–H groups in total. The van der Waals surface area contributed by atoms with E-state index in [0.717, 1.165) is 22.0 Å². The first-order valence-corrected chi connectivity index (χ1v) is 6.67. The fraction of sp³-hybridized carbons (Fsp3) is 0.176. The van der Waals surface area contributed by atoms with Crippen LogP contribution in [0.2, 0.25) is 0 Å². The van der Waals surface area contributed by atoms with Crippen molar-refractivity contribution in [2.45, 2.75) is 19.8 Å². The highest BCUT2D eigenvalue weighted by atomic mass is 16.2. The van der Waals surface area contributed by atoms with E-state index in [1.807, 2.05) is 36.4 Å². The van der Waals surface area contributed by atoms with Crippen LogP contribution in [0.25, 0.3) is 10.8 Å². The fourth-order valence-corrected chi connectivity index (χ4v) is 2.61. The van der Waals surface area contributed by atoms with E-state index in [4.69, 9.17) is 0 Å². The summed E-state index contributed by atoms with van der Waals surface area (Å²) in [5.74, 6) is -0.308. The van der Waals surface area contributed by atoms with Gasteiger partial charge in [-0.3, -0.25) is 9.59 Å². The van der Waals surface area contributed by atoms with Crippen LogP contribution in [0.4, 0.5) is 5.69 Å². The van der Waals surface area contributed by atoms with E-state index in [2.05, 4.69) is 13.8 Å². The average Bonchev–Trinajstić information content (AvgIpc) is 2.77. The molecule has 20 heavy (non-hydrogen) atoms. The van der Waals surface area contributed by atoms with Crippen LogP contribution in [0, 0.1) is 0 Å². The Morgan fingerprint density at radius 3 is 2.20 bits per heavy atom. The predicted octanol–water partition coefficient (Wildman–Crippen LogP) is 3.39. The first-order chi connectivity index (χ1) is 9.59. The Morgan fingerprint density at radius 1 is 0.900 bits per heavy atom. The topological polar surface area (TPSA) is 37.4 Å². The van der Waals surface area contributed by atoms with Gasteiger partial charge in [-0.25, -0.2) is 4.90 Å². The molecule has 0 saturated carbocycles. The van der Waals surface area contributed by atoms with Gasteiger partial charge in [0.15, 0.2) is 0 Å². The third-order valence-electron chi connectivity index (χ3n) is 3.59. The minimum Gasteiger partial charge on any atom is -0.269 e. The van der Waals surface area contributed by atoms with Gasteiger partial charge < -0.3 is 0 Å². The van der Waals surface area contributed by atoms with E-state index in [1.54, 1.807) is 0 Å². The largest absolute Gasteiger partial charge is 0.269 e. The van der Waals surface area contributed by atoms with Crippen LogP contribution in [0.5, 0.6) is 0 Å². The van der Waals surface area contributed by atoms with E-state index in [1.165, 1.54) is 17.1 Å². The molecule has 0 atom stereocenters. The van der Waals surface area contributed by atoms with Crippen LogP contribution in [0.15, 0.2) is 48.6 Å². The Bertz CT molecular complexity index is 726. The SMILES string of the molecule is CC(C)c1ccc2ccccc2c1N1C(=O)C=CC1=O. The molecule has 2 aromatic carbocycles. The zero-order chi connectivity index (χ0) is 14.3. The molecule has 3 heteroatoms. The van der Waals surface area contributed by atoms with Crippen molar-refractivity contribution in [1.29, 1.82) is 0 Å². The average molecular weight is 265 g/mol. The van der Waals surface area contributed by atoms with Gasteiger partial charge in [0.2, 0.25) is 0 Å². The number of anilines is 1. The van der Waals surface area contributed by atoms with Gasteiger partial charge >= 0.3 is 0 Å². The van der Waals surface area contributed by atoms with Crippen LogP contribution < -0.4 is 4.90 Å². The van der Waals surface area contributed by atoms with E-state index in [0.29, 0.717) is 0 Å².